The highest BCUT2D eigenvalue weighted by atomic mass is 16.5. The number of nitrogens with two attached hydrogens (primary N) is 1. The van der Waals surface area contributed by atoms with Crippen molar-refractivity contribution in [1.29, 1.82) is 0 Å². The number of nitrogens with one attached hydrogen (secondary N) is 1. The normalized spacial score (nSPS) is 14.1. The van der Waals surface area contributed by atoms with E-state index in [9.17, 15) is 0 Å². The number of aromatic nitrogens is 3. The number of nitrogen functional groups attached to an aromatic ring is 1. The van der Waals surface area contributed by atoms with Crippen molar-refractivity contribution in [2.24, 2.45) is 0 Å². The van der Waals surface area contributed by atoms with Crippen LogP contribution in [-0.2, 0) is 0 Å². The first-order valence-corrected chi connectivity index (χ1v) is 5.05. The van der Waals surface area contributed by atoms with Gasteiger partial charge in [-0.1, -0.05) is 0 Å². The third kappa shape index (κ3) is 1.30. The molecular weight excluding hydrogens is 206 g/mol. The summed E-state index contributed by atoms with van der Waals surface area (Å²) >= 11 is 0. The van der Waals surface area contributed by atoms with Crippen LogP contribution in [0.3, 0.4) is 0 Å². The van der Waals surface area contributed by atoms with E-state index in [2.05, 4.69) is 20.3 Å². The van der Waals surface area contributed by atoms with Crippen LogP contribution in [-0.4, -0.2) is 28.1 Å². The molecule has 0 bridgehead atoms. The van der Waals surface area contributed by atoms with Gasteiger partial charge in [0.05, 0.1) is 12.1 Å². The predicted octanol–water partition coefficient (Wildman–Crippen LogP) is 0.720. The summed E-state index contributed by atoms with van der Waals surface area (Å²) in [5, 5.41) is 3.96. The third-order valence-electron chi connectivity index (χ3n) is 2.42. The second kappa shape index (κ2) is 3.19. The van der Waals surface area contributed by atoms with E-state index in [1.54, 1.807) is 0 Å². The molecule has 0 saturated carbocycles. The Hall–Kier alpha value is -2.11. The van der Waals surface area contributed by atoms with Crippen molar-refractivity contribution < 1.29 is 4.74 Å². The fraction of sp³-hybridized carbons (Fsp3) is 0.300. The Kier molecular flexibility index (Phi) is 1.82. The molecule has 1 aliphatic heterocycles. The van der Waals surface area contributed by atoms with E-state index in [4.69, 9.17) is 10.5 Å². The standard InChI is InChI=1S/C10H11N5O/c1-5-4-6-7-8(15-10(11)14-6)12-2-3-16-9(7)13-5/h4H,2-3H2,1H3,(H3,11,12,14,15). The minimum absolute atomic E-state index is 0.258. The van der Waals surface area contributed by atoms with Crippen LogP contribution in [0.2, 0.25) is 0 Å². The molecule has 16 heavy (non-hydrogen) atoms. The summed E-state index contributed by atoms with van der Waals surface area (Å²) < 4.78 is 5.55. The highest BCUT2D eigenvalue weighted by molar-refractivity contribution is 5.94. The molecule has 3 N–H and O–H groups in total. The first kappa shape index (κ1) is 9.14. The quantitative estimate of drug-likeness (QED) is 0.676. The van der Waals surface area contributed by atoms with E-state index >= 15 is 0 Å². The van der Waals surface area contributed by atoms with E-state index in [1.807, 2.05) is 13.0 Å². The number of pyridine rings is 1. The van der Waals surface area contributed by atoms with Gasteiger partial charge in [0, 0.05) is 5.69 Å². The fourth-order valence-corrected chi connectivity index (χ4v) is 1.81. The number of aryl methyl sites for hydroxylation is 1. The summed E-state index contributed by atoms with van der Waals surface area (Å²) in [7, 11) is 0. The van der Waals surface area contributed by atoms with Crippen molar-refractivity contribution >= 4 is 22.7 Å². The van der Waals surface area contributed by atoms with Crippen LogP contribution < -0.4 is 15.8 Å². The molecule has 0 atom stereocenters. The molecule has 3 heterocycles. The largest absolute Gasteiger partial charge is 0.475 e. The maximum absolute atomic E-state index is 5.65. The Morgan fingerprint density at radius 2 is 2.25 bits per heavy atom. The Labute approximate surface area is 91.9 Å². The topological polar surface area (TPSA) is 86.0 Å². The van der Waals surface area contributed by atoms with Crippen LogP contribution in [0.15, 0.2) is 6.07 Å². The molecule has 2 aromatic heterocycles. The van der Waals surface area contributed by atoms with E-state index < -0.39 is 0 Å². The van der Waals surface area contributed by atoms with Crippen molar-refractivity contribution in [2.75, 3.05) is 24.2 Å². The number of hydrogen-bond donors (Lipinski definition) is 2. The zero-order chi connectivity index (χ0) is 11.1. The Balaban J connectivity index is 2.42. The molecule has 3 rings (SSSR count). The molecule has 0 radical (unpaired) electrons. The van der Waals surface area contributed by atoms with E-state index in [0.29, 0.717) is 24.8 Å². The highest BCUT2D eigenvalue weighted by Crippen LogP contribution is 2.31. The van der Waals surface area contributed by atoms with Gasteiger partial charge >= 0.3 is 0 Å². The minimum atomic E-state index is 0.258. The number of hydrogen-bond acceptors (Lipinski definition) is 6. The molecule has 6 nitrogen and oxygen atoms in total. The lowest BCUT2D eigenvalue weighted by Gasteiger charge is -2.07. The van der Waals surface area contributed by atoms with Crippen molar-refractivity contribution in [2.45, 2.75) is 6.92 Å². The van der Waals surface area contributed by atoms with E-state index in [1.165, 1.54) is 0 Å². The molecule has 0 aliphatic carbocycles. The third-order valence-corrected chi connectivity index (χ3v) is 2.42. The lowest BCUT2D eigenvalue weighted by atomic mass is 10.2. The molecule has 0 saturated heterocycles. The molecule has 2 aromatic rings. The SMILES string of the molecule is Cc1cc2nc(N)nc3c2c(n1)OCCN3. The number of ether oxygens (including phenoxy) is 1. The van der Waals surface area contributed by atoms with Crippen LogP contribution in [0.25, 0.3) is 10.9 Å². The smallest absolute Gasteiger partial charge is 0.227 e. The van der Waals surface area contributed by atoms with Crippen molar-refractivity contribution in [1.82, 2.24) is 15.0 Å². The molecule has 82 valence electrons. The fourth-order valence-electron chi connectivity index (χ4n) is 1.81. The molecule has 1 aliphatic rings. The van der Waals surface area contributed by atoms with Gasteiger partial charge in [-0.25, -0.2) is 9.97 Å². The second-order valence-electron chi connectivity index (χ2n) is 3.67. The van der Waals surface area contributed by atoms with Crippen LogP contribution in [0.5, 0.6) is 5.88 Å². The average Bonchev–Trinajstić information content (AvgIpc) is 2.40. The van der Waals surface area contributed by atoms with Gasteiger partial charge in [0.15, 0.2) is 0 Å². The summed E-state index contributed by atoms with van der Waals surface area (Å²) in [5.74, 6) is 1.53. The second-order valence-corrected chi connectivity index (χ2v) is 3.67. The van der Waals surface area contributed by atoms with Gasteiger partial charge in [-0.3, -0.25) is 0 Å². The van der Waals surface area contributed by atoms with Gasteiger partial charge in [-0.05, 0) is 13.0 Å². The minimum Gasteiger partial charge on any atom is -0.475 e. The summed E-state index contributed by atoms with van der Waals surface area (Å²) in [6, 6.07) is 1.87. The monoisotopic (exact) mass is 217 g/mol. The van der Waals surface area contributed by atoms with Gasteiger partial charge < -0.3 is 15.8 Å². The lowest BCUT2D eigenvalue weighted by molar-refractivity contribution is 0.326. The first-order valence-electron chi connectivity index (χ1n) is 5.05. The predicted molar refractivity (Wildman–Crippen MR) is 60.5 cm³/mol. The van der Waals surface area contributed by atoms with E-state index in [-0.39, 0.29) is 5.95 Å². The lowest BCUT2D eigenvalue weighted by Crippen LogP contribution is -2.09. The van der Waals surface area contributed by atoms with Crippen LogP contribution in [0.4, 0.5) is 11.8 Å². The van der Waals surface area contributed by atoms with Crippen molar-refractivity contribution in [3.05, 3.63) is 11.8 Å². The summed E-state index contributed by atoms with van der Waals surface area (Å²) in [5.41, 5.74) is 7.27. The van der Waals surface area contributed by atoms with Crippen LogP contribution >= 0.6 is 0 Å². The Morgan fingerprint density at radius 3 is 3.12 bits per heavy atom. The number of anilines is 2. The van der Waals surface area contributed by atoms with Gasteiger partial charge in [-0.15, -0.1) is 0 Å². The highest BCUT2D eigenvalue weighted by Gasteiger charge is 2.16. The maximum atomic E-state index is 5.65. The van der Waals surface area contributed by atoms with Gasteiger partial charge in [0.2, 0.25) is 11.8 Å². The van der Waals surface area contributed by atoms with Crippen LogP contribution in [0, 0.1) is 6.92 Å². The van der Waals surface area contributed by atoms with Crippen LogP contribution in [0.1, 0.15) is 5.69 Å². The van der Waals surface area contributed by atoms with E-state index in [0.717, 1.165) is 16.6 Å². The maximum Gasteiger partial charge on any atom is 0.227 e. The molecule has 6 heteroatoms. The molecule has 0 aromatic carbocycles. The van der Waals surface area contributed by atoms with Gasteiger partial charge in [0.1, 0.15) is 17.8 Å². The molecule has 0 spiro atoms. The average molecular weight is 217 g/mol. The molecule has 0 fully saturated rings. The van der Waals surface area contributed by atoms with Gasteiger partial charge in [-0.2, -0.15) is 4.98 Å². The first-order chi connectivity index (χ1) is 7.74. The number of nitrogens with zero attached hydrogens (tertiary/aromatic N) is 3. The summed E-state index contributed by atoms with van der Waals surface area (Å²) in [6.07, 6.45) is 0. The van der Waals surface area contributed by atoms with Crippen molar-refractivity contribution in [3.8, 4) is 5.88 Å². The Bertz CT molecular complexity index is 522. The van der Waals surface area contributed by atoms with Crippen molar-refractivity contribution in [3.63, 3.8) is 0 Å². The molecule has 0 unspecified atom stereocenters. The number of rotatable bonds is 0. The molecule has 0 amide bonds. The molecular formula is C10H11N5O. The summed E-state index contributed by atoms with van der Waals surface area (Å²) in [6.45, 7) is 3.14. The summed E-state index contributed by atoms with van der Waals surface area (Å²) in [4.78, 5) is 12.7. The Morgan fingerprint density at radius 1 is 1.38 bits per heavy atom. The zero-order valence-corrected chi connectivity index (χ0v) is 8.82. The zero-order valence-electron chi connectivity index (χ0n) is 8.82. The van der Waals surface area contributed by atoms with Gasteiger partial charge in [0.25, 0.3) is 0 Å².